The molecule has 35 heavy (non-hydrogen) atoms. The number of hydrogen-bond acceptors (Lipinski definition) is 3. The summed E-state index contributed by atoms with van der Waals surface area (Å²) in [4.78, 5) is 15.5. The molecule has 3 heterocycles. The topological polar surface area (TPSA) is 32.3 Å². The van der Waals surface area contributed by atoms with Gasteiger partial charge in [0.25, 0.3) is 5.91 Å². The van der Waals surface area contributed by atoms with Gasteiger partial charge >= 0.3 is 0 Å². The van der Waals surface area contributed by atoms with Crippen molar-refractivity contribution in [2.24, 2.45) is 5.92 Å². The molecular formula is C29H28Cl2N2OS. The van der Waals surface area contributed by atoms with Crippen molar-refractivity contribution in [2.75, 3.05) is 26.2 Å². The molecule has 2 unspecified atom stereocenters. The Morgan fingerprint density at radius 3 is 2.69 bits per heavy atom. The van der Waals surface area contributed by atoms with E-state index in [1.54, 1.807) is 29.5 Å². The van der Waals surface area contributed by atoms with Crippen LogP contribution in [0, 0.1) is 5.92 Å². The average Bonchev–Trinajstić information content (AvgIpc) is 3.61. The third-order valence-electron chi connectivity index (χ3n) is 8.12. The van der Waals surface area contributed by atoms with E-state index in [2.05, 4.69) is 52.5 Å². The van der Waals surface area contributed by atoms with Crippen molar-refractivity contribution in [3.05, 3.63) is 97.7 Å². The van der Waals surface area contributed by atoms with Crippen molar-refractivity contribution in [3.8, 4) is 0 Å². The first-order valence-electron chi connectivity index (χ1n) is 12.3. The molecule has 3 aromatic rings. The molecule has 0 bridgehead atoms. The van der Waals surface area contributed by atoms with Crippen molar-refractivity contribution in [1.29, 1.82) is 0 Å². The maximum absolute atomic E-state index is 13.5. The number of likely N-dealkylation sites (tertiary alicyclic amines) is 1. The van der Waals surface area contributed by atoms with Crippen LogP contribution in [0.2, 0.25) is 10.0 Å². The number of hydrogen-bond donors (Lipinski definition) is 1. The molecule has 3 aliphatic rings. The average molecular weight is 524 g/mol. The summed E-state index contributed by atoms with van der Waals surface area (Å²) in [5.74, 6) is 0.624. The smallest absolute Gasteiger partial charge is 0.255 e. The van der Waals surface area contributed by atoms with Gasteiger partial charge in [0, 0.05) is 24.4 Å². The Morgan fingerprint density at radius 1 is 1.06 bits per heavy atom. The van der Waals surface area contributed by atoms with Crippen LogP contribution in [0.15, 0.2) is 65.4 Å². The Morgan fingerprint density at radius 2 is 1.89 bits per heavy atom. The summed E-state index contributed by atoms with van der Waals surface area (Å²) in [7, 11) is 0. The van der Waals surface area contributed by atoms with E-state index in [0.717, 1.165) is 38.9 Å². The van der Waals surface area contributed by atoms with Crippen molar-refractivity contribution >= 4 is 46.0 Å². The van der Waals surface area contributed by atoms with Crippen LogP contribution in [-0.4, -0.2) is 37.0 Å². The summed E-state index contributed by atoms with van der Waals surface area (Å²) in [5, 5.41) is 8.67. The Balaban J connectivity index is 1.32. The fraction of sp³-hybridized carbons (Fsp3) is 0.345. The zero-order valence-electron chi connectivity index (χ0n) is 19.5. The van der Waals surface area contributed by atoms with Gasteiger partial charge < -0.3 is 10.2 Å². The maximum atomic E-state index is 13.5. The normalized spacial score (nSPS) is 22.9. The minimum atomic E-state index is -0.0316. The SMILES string of the molecule is O=C(c1cccc(Cl)c1Cl)N1CC(CC2=CC3(CCNCC3)c3ccccc32)C(c2ccsc2)C1. The van der Waals surface area contributed by atoms with Gasteiger partial charge in [0.2, 0.25) is 0 Å². The Kier molecular flexibility index (Phi) is 6.26. The number of carbonyl (C=O) groups is 1. The molecular weight excluding hydrogens is 495 g/mol. The minimum absolute atomic E-state index is 0.0316. The summed E-state index contributed by atoms with van der Waals surface area (Å²) in [5.41, 5.74) is 6.31. The third kappa shape index (κ3) is 4.15. The number of rotatable bonds is 4. The molecule has 6 heteroatoms. The Bertz CT molecular complexity index is 1280. The second kappa shape index (κ2) is 9.40. The fourth-order valence-corrected chi connectivity index (χ4v) is 7.48. The predicted molar refractivity (Wildman–Crippen MR) is 146 cm³/mol. The zero-order chi connectivity index (χ0) is 24.0. The first-order chi connectivity index (χ1) is 17.1. The summed E-state index contributed by atoms with van der Waals surface area (Å²) < 4.78 is 0. The quantitative estimate of drug-likeness (QED) is 0.399. The molecule has 1 aliphatic carbocycles. The lowest BCUT2D eigenvalue weighted by molar-refractivity contribution is 0.0786. The summed E-state index contributed by atoms with van der Waals surface area (Å²) in [6.45, 7) is 3.53. The number of thiophene rings is 1. The minimum Gasteiger partial charge on any atom is -0.338 e. The fourth-order valence-electron chi connectivity index (χ4n) is 6.37. The van der Waals surface area contributed by atoms with Crippen LogP contribution in [-0.2, 0) is 5.41 Å². The molecule has 2 aromatic carbocycles. The highest BCUT2D eigenvalue weighted by atomic mass is 35.5. The van der Waals surface area contributed by atoms with Crippen molar-refractivity contribution in [2.45, 2.75) is 30.6 Å². The highest BCUT2D eigenvalue weighted by molar-refractivity contribution is 7.08. The number of halogens is 2. The molecule has 1 amide bonds. The largest absolute Gasteiger partial charge is 0.338 e. The van der Waals surface area contributed by atoms with Crippen LogP contribution in [0.1, 0.15) is 52.2 Å². The molecule has 3 nitrogen and oxygen atoms in total. The summed E-state index contributed by atoms with van der Waals surface area (Å²) in [6, 6.07) is 16.5. The molecule has 180 valence electrons. The summed E-state index contributed by atoms with van der Waals surface area (Å²) in [6.07, 6.45) is 5.83. The highest BCUT2D eigenvalue weighted by Gasteiger charge is 2.42. The first-order valence-corrected chi connectivity index (χ1v) is 14.0. The molecule has 2 saturated heterocycles. The van der Waals surface area contributed by atoms with E-state index in [1.165, 1.54) is 22.3 Å². The third-order valence-corrected chi connectivity index (χ3v) is 9.64. The van der Waals surface area contributed by atoms with E-state index < -0.39 is 0 Å². The number of piperidine rings is 1. The van der Waals surface area contributed by atoms with E-state index >= 15 is 0 Å². The monoisotopic (exact) mass is 522 g/mol. The maximum Gasteiger partial charge on any atom is 0.255 e. The molecule has 1 spiro atoms. The van der Waals surface area contributed by atoms with Gasteiger partial charge in [-0.15, -0.1) is 0 Å². The van der Waals surface area contributed by atoms with E-state index in [4.69, 9.17) is 23.2 Å². The molecule has 6 rings (SSSR count). The van der Waals surface area contributed by atoms with Crippen LogP contribution in [0.5, 0.6) is 0 Å². The lowest BCUT2D eigenvalue weighted by Gasteiger charge is -2.33. The Labute approximate surface area is 220 Å². The van der Waals surface area contributed by atoms with E-state index in [1.807, 2.05) is 4.90 Å². The second-order valence-electron chi connectivity index (χ2n) is 10.1. The van der Waals surface area contributed by atoms with Crippen molar-refractivity contribution in [1.82, 2.24) is 10.2 Å². The van der Waals surface area contributed by atoms with Gasteiger partial charge in [-0.2, -0.15) is 11.3 Å². The number of amides is 1. The number of fused-ring (bicyclic) bond motifs is 2. The zero-order valence-corrected chi connectivity index (χ0v) is 21.8. The van der Waals surface area contributed by atoms with E-state index in [0.29, 0.717) is 34.0 Å². The van der Waals surface area contributed by atoms with Gasteiger partial charge in [0.15, 0.2) is 0 Å². The molecule has 2 aliphatic heterocycles. The van der Waals surface area contributed by atoms with Crippen molar-refractivity contribution in [3.63, 3.8) is 0 Å². The van der Waals surface area contributed by atoms with Crippen LogP contribution >= 0.6 is 34.5 Å². The number of nitrogens with zero attached hydrogens (tertiary/aromatic N) is 1. The van der Waals surface area contributed by atoms with Gasteiger partial charge in [0.1, 0.15) is 0 Å². The van der Waals surface area contributed by atoms with Crippen LogP contribution in [0.3, 0.4) is 0 Å². The standard InChI is InChI=1S/C29H28Cl2N2OS/c30-26-7-3-5-23(27(26)31)28(34)33-16-21(24(17-33)19-8-13-35-18-19)14-20-15-29(9-11-32-12-10-29)25-6-2-1-4-22(20)25/h1-8,13,15,18,21,24,32H,9-12,14,16-17H2. The number of nitrogens with one attached hydrogen (secondary N) is 1. The number of allylic oxidation sites excluding steroid dienone is 2. The van der Waals surface area contributed by atoms with Gasteiger partial charge in [-0.05, 0) is 89.5 Å². The lowest BCUT2D eigenvalue weighted by atomic mass is 9.75. The van der Waals surface area contributed by atoms with Gasteiger partial charge in [-0.25, -0.2) is 0 Å². The molecule has 0 radical (unpaired) electrons. The van der Waals surface area contributed by atoms with E-state index in [-0.39, 0.29) is 11.3 Å². The van der Waals surface area contributed by atoms with Gasteiger partial charge in [-0.1, -0.05) is 59.6 Å². The molecule has 1 aromatic heterocycles. The first kappa shape index (κ1) is 23.3. The van der Waals surface area contributed by atoms with Crippen LogP contribution in [0.4, 0.5) is 0 Å². The number of carbonyl (C=O) groups excluding carboxylic acids is 1. The van der Waals surface area contributed by atoms with Crippen molar-refractivity contribution < 1.29 is 4.79 Å². The van der Waals surface area contributed by atoms with Gasteiger partial charge in [-0.3, -0.25) is 4.79 Å². The molecule has 1 N–H and O–H groups in total. The second-order valence-corrected chi connectivity index (χ2v) is 11.6. The molecule has 2 fully saturated rings. The summed E-state index contributed by atoms with van der Waals surface area (Å²) >= 11 is 14.4. The highest BCUT2D eigenvalue weighted by Crippen LogP contribution is 2.49. The molecule has 2 atom stereocenters. The van der Waals surface area contributed by atoms with Gasteiger partial charge in [0.05, 0.1) is 15.6 Å². The van der Waals surface area contributed by atoms with Crippen LogP contribution in [0.25, 0.3) is 5.57 Å². The number of benzene rings is 2. The predicted octanol–water partition coefficient (Wildman–Crippen LogP) is 7.02. The Hall–Kier alpha value is -2.11. The van der Waals surface area contributed by atoms with Crippen LogP contribution < -0.4 is 5.32 Å². The molecule has 0 saturated carbocycles. The van der Waals surface area contributed by atoms with E-state index in [9.17, 15) is 4.79 Å². The lowest BCUT2D eigenvalue weighted by Crippen LogP contribution is -2.37.